The summed E-state index contributed by atoms with van der Waals surface area (Å²) in [6, 6.07) is 7.76. The molecule has 0 aliphatic rings. The van der Waals surface area contributed by atoms with Crippen LogP contribution in [0, 0.1) is 0 Å². The smallest absolute Gasteiger partial charge is 0.335 e. The van der Waals surface area contributed by atoms with Gasteiger partial charge in [-0.15, -0.1) is 0 Å². The van der Waals surface area contributed by atoms with Crippen molar-refractivity contribution in [3.63, 3.8) is 0 Å². The van der Waals surface area contributed by atoms with E-state index in [0.29, 0.717) is 22.1 Å². The SMILES string of the molecule is COc1ccc(-c2nc(C(Cl)(Cl)Cl)nc(C(Cl)(Cl)Cl)n2)c2ccc(C(=O)O)cc12. The maximum Gasteiger partial charge on any atom is 0.335 e. The number of aromatic nitrogens is 3. The van der Waals surface area contributed by atoms with Crippen molar-refractivity contribution in [1.82, 2.24) is 15.0 Å². The van der Waals surface area contributed by atoms with Crippen LogP contribution in [0.25, 0.3) is 22.2 Å². The van der Waals surface area contributed by atoms with Crippen LogP contribution in [-0.2, 0) is 7.59 Å². The molecule has 0 radical (unpaired) electrons. The topological polar surface area (TPSA) is 85.2 Å². The number of carboxylic acid groups (broad SMARTS) is 1. The molecule has 3 rings (SSSR count). The number of methoxy groups -OCH3 is 1. The number of nitrogens with zero attached hydrogens (tertiary/aromatic N) is 3. The summed E-state index contributed by atoms with van der Waals surface area (Å²) in [4.78, 5) is 23.7. The van der Waals surface area contributed by atoms with E-state index in [4.69, 9.17) is 74.3 Å². The molecule has 0 spiro atoms. The summed E-state index contributed by atoms with van der Waals surface area (Å²) in [5.74, 6) is -1.04. The predicted molar refractivity (Wildman–Crippen MR) is 115 cm³/mol. The number of alkyl halides is 6. The van der Waals surface area contributed by atoms with E-state index in [0.717, 1.165) is 0 Å². The van der Waals surface area contributed by atoms with Crippen LogP contribution < -0.4 is 4.74 Å². The number of aromatic carboxylic acids is 1. The molecule has 12 heteroatoms. The number of hydrogen-bond donors (Lipinski definition) is 1. The monoisotopic (exact) mass is 513 g/mol. The van der Waals surface area contributed by atoms with Gasteiger partial charge in [-0.3, -0.25) is 0 Å². The first-order chi connectivity index (χ1) is 13.4. The summed E-state index contributed by atoms with van der Waals surface area (Å²) < 4.78 is 1.34. The molecular formula is C17H9Cl6N3O3. The molecule has 0 unspecified atom stereocenters. The van der Waals surface area contributed by atoms with Gasteiger partial charge >= 0.3 is 5.97 Å². The molecule has 1 N–H and O–H groups in total. The van der Waals surface area contributed by atoms with Gasteiger partial charge in [0.25, 0.3) is 0 Å². The molecule has 0 atom stereocenters. The largest absolute Gasteiger partial charge is 0.496 e. The number of carbonyl (C=O) groups is 1. The van der Waals surface area contributed by atoms with Gasteiger partial charge in [0.15, 0.2) is 17.5 Å². The van der Waals surface area contributed by atoms with Gasteiger partial charge in [0, 0.05) is 10.9 Å². The van der Waals surface area contributed by atoms with Crippen LogP contribution in [0.4, 0.5) is 0 Å². The Kier molecular flexibility index (Phi) is 6.26. The Hall–Kier alpha value is -1.28. The lowest BCUT2D eigenvalue weighted by molar-refractivity contribution is 0.0697. The fraction of sp³-hybridized carbons (Fsp3) is 0.176. The highest BCUT2D eigenvalue weighted by atomic mass is 35.6. The molecule has 0 fully saturated rings. The molecule has 1 heterocycles. The van der Waals surface area contributed by atoms with E-state index < -0.39 is 13.6 Å². The molecule has 0 saturated heterocycles. The number of benzene rings is 2. The van der Waals surface area contributed by atoms with E-state index in [1.165, 1.54) is 19.2 Å². The third-order valence-corrected chi connectivity index (χ3v) is 4.84. The van der Waals surface area contributed by atoms with Gasteiger partial charge in [0.1, 0.15) is 5.75 Å². The van der Waals surface area contributed by atoms with Gasteiger partial charge in [-0.05, 0) is 29.7 Å². The molecule has 2 aromatic carbocycles. The average Bonchev–Trinajstić information content (AvgIpc) is 2.64. The number of fused-ring (bicyclic) bond motifs is 1. The highest BCUT2D eigenvalue weighted by Crippen LogP contribution is 2.42. The molecule has 0 bridgehead atoms. The van der Waals surface area contributed by atoms with Gasteiger partial charge in [0.05, 0.1) is 12.7 Å². The normalized spacial score (nSPS) is 12.2. The molecule has 0 aliphatic heterocycles. The lowest BCUT2D eigenvalue weighted by Crippen LogP contribution is -2.16. The first-order valence-corrected chi connectivity index (χ1v) is 9.93. The molecule has 0 aliphatic carbocycles. The van der Waals surface area contributed by atoms with Crippen LogP contribution >= 0.6 is 69.6 Å². The fourth-order valence-corrected chi connectivity index (χ4v) is 3.08. The number of rotatable bonds is 3. The van der Waals surface area contributed by atoms with Crippen molar-refractivity contribution in [2.24, 2.45) is 0 Å². The first-order valence-electron chi connectivity index (χ1n) is 7.66. The Bertz CT molecular complexity index is 1080. The number of hydrogen-bond acceptors (Lipinski definition) is 5. The van der Waals surface area contributed by atoms with E-state index in [2.05, 4.69) is 15.0 Å². The third kappa shape index (κ3) is 4.74. The molecule has 0 saturated carbocycles. The second kappa shape index (κ2) is 8.10. The summed E-state index contributed by atoms with van der Waals surface area (Å²) in [7, 11) is 1.46. The van der Waals surface area contributed by atoms with E-state index >= 15 is 0 Å². The van der Waals surface area contributed by atoms with Crippen LogP contribution in [0.5, 0.6) is 5.75 Å². The Morgan fingerprint density at radius 2 is 1.48 bits per heavy atom. The summed E-state index contributed by atoms with van der Waals surface area (Å²) >= 11 is 35.6. The van der Waals surface area contributed by atoms with Gasteiger partial charge in [-0.25, -0.2) is 19.7 Å². The van der Waals surface area contributed by atoms with E-state index in [9.17, 15) is 9.90 Å². The molecule has 1 aromatic heterocycles. The Morgan fingerprint density at radius 1 is 0.897 bits per heavy atom. The van der Waals surface area contributed by atoms with Crippen LogP contribution in [0.2, 0.25) is 0 Å². The zero-order valence-corrected chi connectivity index (χ0v) is 18.8. The van der Waals surface area contributed by atoms with Gasteiger partial charge in [-0.1, -0.05) is 75.7 Å². The summed E-state index contributed by atoms with van der Waals surface area (Å²) in [5, 5.41) is 10.4. The summed E-state index contributed by atoms with van der Waals surface area (Å²) in [5.41, 5.74) is 0.540. The predicted octanol–water partition coefficient (Wildman–Crippen LogP) is 6.05. The van der Waals surface area contributed by atoms with Crippen molar-refractivity contribution >= 4 is 86.3 Å². The standard InChI is InChI=1S/C17H9Cl6N3O3/c1-29-11-5-4-9(8-3-2-7(13(27)28)6-10(8)11)12-24-14(16(18,19)20)26-15(25-12)17(21,22)23/h2-6H,1H3,(H,27,28). The average molecular weight is 516 g/mol. The number of halogens is 6. The first kappa shape index (κ1) is 22.4. The van der Waals surface area contributed by atoms with Crippen LogP contribution in [0.1, 0.15) is 22.0 Å². The highest BCUT2D eigenvalue weighted by molar-refractivity contribution is 6.67. The van der Waals surface area contributed by atoms with Crippen molar-refractivity contribution in [3.05, 3.63) is 47.5 Å². The van der Waals surface area contributed by atoms with Crippen molar-refractivity contribution in [1.29, 1.82) is 0 Å². The maximum absolute atomic E-state index is 11.3. The molecule has 0 amide bonds. The molecule has 29 heavy (non-hydrogen) atoms. The third-order valence-electron chi connectivity index (χ3n) is 3.83. The van der Waals surface area contributed by atoms with Crippen LogP contribution in [0.3, 0.4) is 0 Å². The Labute approximate surface area is 194 Å². The zero-order valence-electron chi connectivity index (χ0n) is 14.3. The van der Waals surface area contributed by atoms with Crippen molar-refractivity contribution in [2.75, 3.05) is 7.11 Å². The van der Waals surface area contributed by atoms with Gasteiger partial charge in [-0.2, -0.15) is 0 Å². The lowest BCUT2D eigenvalue weighted by Gasteiger charge is -2.17. The van der Waals surface area contributed by atoms with Crippen molar-refractivity contribution in [2.45, 2.75) is 7.59 Å². The molecule has 6 nitrogen and oxygen atoms in total. The number of carboxylic acids is 1. The highest BCUT2D eigenvalue weighted by Gasteiger charge is 2.34. The minimum atomic E-state index is -2.00. The van der Waals surface area contributed by atoms with Crippen molar-refractivity contribution < 1.29 is 14.6 Å². The maximum atomic E-state index is 11.3. The lowest BCUT2D eigenvalue weighted by atomic mass is 10.0. The van der Waals surface area contributed by atoms with Gasteiger partial charge < -0.3 is 9.84 Å². The fourth-order valence-electron chi connectivity index (χ4n) is 2.58. The second-order valence-electron chi connectivity index (χ2n) is 5.68. The molecular weight excluding hydrogens is 507 g/mol. The Balaban J connectivity index is 2.34. The number of ether oxygens (including phenoxy) is 1. The van der Waals surface area contributed by atoms with Crippen LogP contribution in [-0.4, -0.2) is 33.1 Å². The van der Waals surface area contributed by atoms with E-state index in [-0.39, 0.29) is 23.0 Å². The minimum absolute atomic E-state index is 0.0679. The summed E-state index contributed by atoms with van der Waals surface area (Å²) in [6.45, 7) is 0. The zero-order chi connectivity index (χ0) is 21.6. The second-order valence-corrected chi connectivity index (χ2v) is 10.2. The Morgan fingerprint density at radius 3 is 1.97 bits per heavy atom. The van der Waals surface area contributed by atoms with E-state index in [1.807, 2.05) is 0 Å². The molecule has 3 aromatic rings. The van der Waals surface area contributed by atoms with E-state index in [1.54, 1.807) is 18.2 Å². The van der Waals surface area contributed by atoms with Crippen molar-refractivity contribution in [3.8, 4) is 17.1 Å². The molecule has 152 valence electrons. The minimum Gasteiger partial charge on any atom is -0.496 e. The summed E-state index contributed by atoms with van der Waals surface area (Å²) in [6.07, 6.45) is 0. The van der Waals surface area contributed by atoms with Gasteiger partial charge in [0.2, 0.25) is 7.59 Å². The quantitative estimate of drug-likeness (QED) is 0.427. The van der Waals surface area contributed by atoms with Crippen LogP contribution in [0.15, 0.2) is 30.3 Å².